The number of carbonyl (C=O) groups excluding carboxylic acids is 2. The number of halogens is 2. The third-order valence-electron chi connectivity index (χ3n) is 3.72. The van der Waals surface area contributed by atoms with Crippen LogP contribution in [0.3, 0.4) is 0 Å². The maximum absolute atomic E-state index is 13.6. The van der Waals surface area contributed by atoms with Crippen LogP contribution in [0.15, 0.2) is 47.4 Å². The number of hydrogen-bond donors (Lipinski definition) is 0. The fourth-order valence-corrected chi connectivity index (χ4v) is 3.00. The van der Waals surface area contributed by atoms with Crippen LogP contribution in [0.2, 0.25) is 0 Å². The second kappa shape index (κ2) is 8.22. The predicted molar refractivity (Wildman–Crippen MR) is 95.4 cm³/mol. The first kappa shape index (κ1) is 20.4. The number of sulfone groups is 1. The molecule has 0 N–H and O–H groups in total. The Morgan fingerprint density at radius 1 is 1.04 bits per heavy atom. The average Bonchev–Trinajstić information content (AvgIpc) is 2.60. The van der Waals surface area contributed by atoms with Gasteiger partial charge in [-0.25, -0.2) is 17.2 Å². The molecule has 8 heteroatoms. The molecular weight excluding hydrogens is 378 g/mol. The Balaban J connectivity index is 2.63. The van der Waals surface area contributed by atoms with Crippen LogP contribution >= 0.6 is 0 Å². The summed E-state index contributed by atoms with van der Waals surface area (Å²) in [6.07, 6.45) is 1.49. The minimum absolute atomic E-state index is 0.0118. The molecule has 0 spiro atoms. The van der Waals surface area contributed by atoms with Gasteiger partial charge in [0.25, 0.3) is 0 Å². The quantitative estimate of drug-likeness (QED) is 0.326. The van der Waals surface area contributed by atoms with Gasteiger partial charge in [-0.15, -0.1) is 0 Å². The van der Waals surface area contributed by atoms with Crippen molar-refractivity contribution in [1.29, 1.82) is 0 Å². The van der Waals surface area contributed by atoms with E-state index in [-0.39, 0.29) is 28.2 Å². The van der Waals surface area contributed by atoms with Gasteiger partial charge in [-0.2, -0.15) is 0 Å². The SMILES string of the molecule is CC(=O)OCC(=C(C=O)c1ccc(F)c(F)c1)c1ccc(S(C)(=O)=O)cc1. The first-order valence-corrected chi connectivity index (χ1v) is 9.60. The summed E-state index contributed by atoms with van der Waals surface area (Å²) >= 11 is 0. The summed E-state index contributed by atoms with van der Waals surface area (Å²) in [5.41, 5.74) is 0.710. The molecule has 0 atom stereocenters. The van der Waals surface area contributed by atoms with Gasteiger partial charge >= 0.3 is 5.97 Å². The molecule has 2 aromatic carbocycles. The smallest absolute Gasteiger partial charge is 0.302 e. The summed E-state index contributed by atoms with van der Waals surface area (Å²) in [5, 5.41) is 0. The number of ether oxygens (including phenoxy) is 1. The molecule has 27 heavy (non-hydrogen) atoms. The fourth-order valence-electron chi connectivity index (χ4n) is 2.37. The Labute approximate surface area is 155 Å². The Morgan fingerprint density at radius 2 is 1.63 bits per heavy atom. The van der Waals surface area contributed by atoms with Gasteiger partial charge in [0.2, 0.25) is 0 Å². The molecule has 0 heterocycles. The van der Waals surface area contributed by atoms with Gasteiger partial charge in [-0.1, -0.05) is 18.2 Å². The van der Waals surface area contributed by atoms with Crippen LogP contribution < -0.4 is 0 Å². The molecular formula is C19H16F2O5S. The van der Waals surface area contributed by atoms with Gasteiger partial charge in [0, 0.05) is 24.3 Å². The summed E-state index contributed by atoms with van der Waals surface area (Å²) in [6.45, 7) is 0.878. The molecule has 0 unspecified atom stereocenters. The number of benzene rings is 2. The molecule has 0 saturated carbocycles. The predicted octanol–water partition coefficient (Wildman–Crippen LogP) is 3.04. The van der Waals surface area contributed by atoms with Gasteiger partial charge in [-0.3, -0.25) is 9.59 Å². The van der Waals surface area contributed by atoms with Crippen molar-refractivity contribution in [3.63, 3.8) is 0 Å². The van der Waals surface area contributed by atoms with E-state index >= 15 is 0 Å². The summed E-state index contributed by atoms with van der Waals surface area (Å²) in [6, 6.07) is 8.53. The highest BCUT2D eigenvalue weighted by atomic mass is 32.2. The molecule has 0 aliphatic rings. The number of esters is 1. The number of hydrogen-bond acceptors (Lipinski definition) is 5. The molecule has 2 aromatic rings. The van der Waals surface area contributed by atoms with E-state index in [0.29, 0.717) is 11.8 Å². The van der Waals surface area contributed by atoms with Crippen LogP contribution in [0.1, 0.15) is 18.1 Å². The zero-order valence-corrected chi connectivity index (χ0v) is 15.3. The van der Waals surface area contributed by atoms with E-state index in [1.165, 1.54) is 37.3 Å². The second-order valence-corrected chi connectivity index (χ2v) is 7.73. The van der Waals surface area contributed by atoms with E-state index in [2.05, 4.69) is 0 Å². The van der Waals surface area contributed by atoms with E-state index in [1.807, 2.05) is 0 Å². The average molecular weight is 394 g/mol. The summed E-state index contributed by atoms with van der Waals surface area (Å²) in [7, 11) is -3.42. The highest BCUT2D eigenvalue weighted by molar-refractivity contribution is 7.90. The van der Waals surface area contributed by atoms with Crippen molar-refractivity contribution in [2.75, 3.05) is 12.9 Å². The number of rotatable bonds is 6. The van der Waals surface area contributed by atoms with Crippen LogP contribution in [0.25, 0.3) is 11.1 Å². The van der Waals surface area contributed by atoms with Gasteiger partial charge in [0.15, 0.2) is 27.8 Å². The molecule has 0 bridgehead atoms. The Kier molecular flexibility index (Phi) is 6.22. The maximum atomic E-state index is 13.6. The molecule has 0 fully saturated rings. The number of carbonyl (C=O) groups is 2. The van der Waals surface area contributed by atoms with Crippen molar-refractivity contribution in [2.24, 2.45) is 0 Å². The molecule has 2 rings (SSSR count). The lowest BCUT2D eigenvalue weighted by Gasteiger charge is -2.13. The lowest BCUT2D eigenvalue weighted by Crippen LogP contribution is -2.07. The van der Waals surface area contributed by atoms with Crippen LogP contribution in [-0.2, 0) is 24.2 Å². The zero-order chi connectivity index (χ0) is 20.2. The van der Waals surface area contributed by atoms with Crippen molar-refractivity contribution in [2.45, 2.75) is 11.8 Å². The van der Waals surface area contributed by atoms with Crippen LogP contribution in [0.4, 0.5) is 8.78 Å². The highest BCUT2D eigenvalue weighted by Gasteiger charge is 2.16. The molecule has 142 valence electrons. The van der Waals surface area contributed by atoms with E-state index in [0.717, 1.165) is 18.4 Å². The maximum Gasteiger partial charge on any atom is 0.302 e. The van der Waals surface area contributed by atoms with Crippen LogP contribution in [-0.4, -0.2) is 33.5 Å². The van der Waals surface area contributed by atoms with Crippen LogP contribution in [0, 0.1) is 11.6 Å². The van der Waals surface area contributed by atoms with Crippen molar-refractivity contribution < 1.29 is 31.5 Å². The van der Waals surface area contributed by atoms with Gasteiger partial charge in [-0.05, 0) is 35.4 Å². The van der Waals surface area contributed by atoms with Crippen molar-refractivity contribution >= 4 is 33.2 Å². The van der Waals surface area contributed by atoms with Crippen molar-refractivity contribution in [1.82, 2.24) is 0 Å². The summed E-state index contributed by atoms with van der Waals surface area (Å²) < 4.78 is 54.9. The van der Waals surface area contributed by atoms with E-state index in [1.54, 1.807) is 0 Å². The van der Waals surface area contributed by atoms with E-state index in [9.17, 15) is 26.8 Å². The summed E-state index contributed by atoms with van der Waals surface area (Å²) in [5.74, 6) is -2.80. The second-order valence-electron chi connectivity index (χ2n) is 5.72. The molecule has 5 nitrogen and oxygen atoms in total. The molecule has 0 saturated heterocycles. The fraction of sp³-hybridized carbons (Fsp3) is 0.158. The first-order chi connectivity index (χ1) is 12.6. The van der Waals surface area contributed by atoms with Gasteiger partial charge < -0.3 is 4.74 Å². The molecule has 0 aromatic heterocycles. The highest BCUT2D eigenvalue weighted by Crippen LogP contribution is 2.27. The van der Waals surface area contributed by atoms with E-state index < -0.39 is 27.4 Å². The molecule has 0 radical (unpaired) electrons. The number of allylic oxidation sites excluding steroid dienone is 1. The Hall–Kier alpha value is -2.87. The molecule has 0 aliphatic heterocycles. The normalized spacial score (nSPS) is 12.3. The van der Waals surface area contributed by atoms with Crippen molar-refractivity contribution in [3.05, 3.63) is 65.2 Å². The Morgan fingerprint density at radius 3 is 2.11 bits per heavy atom. The minimum atomic E-state index is -3.42. The molecule has 0 amide bonds. The lowest BCUT2D eigenvalue weighted by atomic mass is 9.96. The Bertz CT molecular complexity index is 1010. The zero-order valence-electron chi connectivity index (χ0n) is 14.5. The lowest BCUT2D eigenvalue weighted by molar-refractivity contribution is -0.139. The third-order valence-corrected chi connectivity index (χ3v) is 4.85. The largest absolute Gasteiger partial charge is 0.461 e. The van der Waals surface area contributed by atoms with E-state index in [4.69, 9.17) is 4.74 Å². The summed E-state index contributed by atoms with van der Waals surface area (Å²) in [4.78, 5) is 22.9. The van der Waals surface area contributed by atoms with Gasteiger partial charge in [0.1, 0.15) is 6.61 Å². The van der Waals surface area contributed by atoms with Gasteiger partial charge in [0.05, 0.1) is 4.90 Å². The molecule has 0 aliphatic carbocycles. The van der Waals surface area contributed by atoms with Crippen molar-refractivity contribution in [3.8, 4) is 0 Å². The van der Waals surface area contributed by atoms with Crippen LogP contribution in [0.5, 0.6) is 0 Å². The number of aldehydes is 1. The first-order valence-electron chi connectivity index (χ1n) is 7.71. The topological polar surface area (TPSA) is 77.5 Å². The minimum Gasteiger partial charge on any atom is -0.461 e. The standard InChI is InChI=1S/C19H16F2O5S/c1-12(23)26-11-17(13-3-6-15(7-4-13)27(2,24)25)16(10-22)14-5-8-18(20)19(21)9-14/h3-10H,11H2,1-2H3. The monoisotopic (exact) mass is 394 g/mol. The third kappa shape index (κ3) is 5.07.